The molecule has 0 spiro atoms. The summed E-state index contributed by atoms with van der Waals surface area (Å²) in [6.07, 6.45) is 1.12. The third-order valence-electron chi connectivity index (χ3n) is 3.01. The summed E-state index contributed by atoms with van der Waals surface area (Å²) in [5.74, 6) is 0. The maximum absolute atomic E-state index is 5.77. The second-order valence-corrected chi connectivity index (χ2v) is 3.90. The van der Waals surface area contributed by atoms with Crippen LogP contribution in [0.3, 0.4) is 0 Å². The van der Waals surface area contributed by atoms with Crippen molar-refractivity contribution in [2.24, 2.45) is 0 Å². The van der Waals surface area contributed by atoms with Crippen LogP contribution < -0.4 is 0 Å². The van der Waals surface area contributed by atoms with E-state index in [0.29, 0.717) is 0 Å². The highest BCUT2D eigenvalue weighted by molar-refractivity contribution is 6.08. The average Bonchev–Trinajstić information content (AvgIpc) is 2.54. The van der Waals surface area contributed by atoms with E-state index in [9.17, 15) is 0 Å². The van der Waals surface area contributed by atoms with Gasteiger partial charge < -0.3 is 4.42 Å². The normalized spacial score (nSPS) is 13.4. The predicted octanol–water partition coefficient (Wildman–Crippen LogP) is 3.49. The quantitative estimate of drug-likeness (QED) is 0.403. The smallest absolute Gasteiger partial charge is 0.135 e. The van der Waals surface area contributed by atoms with Gasteiger partial charge in [0.1, 0.15) is 11.2 Å². The first kappa shape index (κ1) is 6.66. The van der Waals surface area contributed by atoms with E-state index in [2.05, 4.69) is 24.3 Å². The van der Waals surface area contributed by atoms with Gasteiger partial charge in [0.25, 0.3) is 0 Å². The first-order valence-electron chi connectivity index (χ1n) is 4.85. The molecule has 66 valence electrons. The Morgan fingerprint density at radius 1 is 1.00 bits per heavy atom. The summed E-state index contributed by atoms with van der Waals surface area (Å²) < 4.78 is 5.77. The summed E-state index contributed by atoms with van der Waals surface area (Å²) in [6.45, 7) is 0. The van der Waals surface area contributed by atoms with Crippen LogP contribution >= 0.6 is 0 Å². The van der Waals surface area contributed by atoms with E-state index in [1.165, 1.54) is 21.9 Å². The third kappa shape index (κ3) is 0.630. The van der Waals surface area contributed by atoms with Gasteiger partial charge in [0.15, 0.2) is 0 Å². The maximum Gasteiger partial charge on any atom is 0.135 e. The molecule has 0 N–H and O–H groups in total. The largest absolute Gasteiger partial charge is 0.456 e. The first-order valence-corrected chi connectivity index (χ1v) is 4.85. The molecular formula is C13H8O. The van der Waals surface area contributed by atoms with Gasteiger partial charge in [0, 0.05) is 10.8 Å². The Balaban J connectivity index is 2.38. The van der Waals surface area contributed by atoms with Crippen molar-refractivity contribution in [1.82, 2.24) is 0 Å². The Hall–Kier alpha value is -1.76. The van der Waals surface area contributed by atoms with Crippen LogP contribution in [0.1, 0.15) is 11.1 Å². The van der Waals surface area contributed by atoms with Crippen LogP contribution in [0.2, 0.25) is 0 Å². The fourth-order valence-corrected chi connectivity index (χ4v) is 2.33. The number of hydrogen-bond acceptors (Lipinski definition) is 1. The van der Waals surface area contributed by atoms with E-state index < -0.39 is 0 Å². The SMILES string of the molecule is c1ccc2c(c1)oc1cc3cc(c12)C3. The Labute approximate surface area is 80.9 Å². The first-order chi connectivity index (χ1) is 6.92. The van der Waals surface area contributed by atoms with Gasteiger partial charge in [-0.05, 0) is 29.7 Å². The molecule has 5 rings (SSSR count). The van der Waals surface area contributed by atoms with Crippen LogP contribution in [-0.2, 0) is 6.42 Å². The van der Waals surface area contributed by atoms with Crippen LogP contribution in [0.25, 0.3) is 21.9 Å². The number of furan rings is 1. The molecule has 2 bridgehead atoms. The summed E-state index contributed by atoms with van der Waals surface area (Å²) in [5.41, 5.74) is 4.88. The second-order valence-electron chi connectivity index (χ2n) is 3.90. The number of rotatable bonds is 0. The molecular weight excluding hydrogens is 172 g/mol. The Morgan fingerprint density at radius 2 is 1.86 bits per heavy atom. The molecule has 2 aromatic carbocycles. The number of fused-ring (bicyclic) bond motifs is 1. The fraction of sp³-hybridized carbons (Fsp3) is 0.0769. The topological polar surface area (TPSA) is 13.1 Å². The van der Waals surface area contributed by atoms with Crippen LogP contribution in [0.15, 0.2) is 40.8 Å². The standard InChI is InChI=1S/C13H8O/c1-2-4-11-10(3-1)13-9-5-8(6-9)7-12(13)14-11/h1-5,7H,6H2. The fourth-order valence-electron chi connectivity index (χ4n) is 2.33. The Bertz CT molecular complexity index is 661. The molecule has 0 aliphatic heterocycles. The lowest BCUT2D eigenvalue weighted by Gasteiger charge is -2.14. The van der Waals surface area contributed by atoms with Gasteiger partial charge in [-0.2, -0.15) is 0 Å². The van der Waals surface area contributed by atoms with Crippen molar-refractivity contribution in [3.8, 4) is 0 Å². The minimum Gasteiger partial charge on any atom is -0.456 e. The molecule has 0 amide bonds. The highest BCUT2D eigenvalue weighted by atomic mass is 16.3. The zero-order valence-corrected chi connectivity index (χ0v) is 7.58. The molecule has 0 saturated heterocycles. The minimum atomic E-state index is 1.00. The molecule has 0 unspecified atom stereocenters. The van der Waals surface area contributed by atoms with Crippen molar-refractivity contribution in [3.63, 3.8) is 0 Å². The van der Waals surface area contributed by atoms with E-state index in [1.54, 1.807) is 0 Å². The van der Waals surface area contributed by atoms with Gasteiger partial charge >= 0.3 is 0 Å². The van der Waals surface area contributed by atoms with Crippen LogP contribution in [0.5, 0.6) is 0 Å². The number of para-hydroxylation sites is 1. The Morgan fingerprint density at radius 3 is 2.79 bits per heavy atom. The zero-order chi connectivity index (χ0) is 9.12. The summed E-state index contributed by atoms with van der Waals surface area (Å²) >= 11 is 0. The van der Waals surface area contributed by atoms with E-state index in [4.69, 9.17) is 4.42 Å². The molecule has 3 aromatic rings. The highest BCUT2D eigenvalue weighted by Crippen LogP contribution is 2.37. The molecule has 0 radical (unpaired) electrons. The summed E-state index contributed by atoms with van der Waals surface area (Å²) in [7, 11) is 0. The van der Waals surface area contributed by atoms with Gasteiger partial charge in [-0.3, -0.25) is 0 Å². The average molecular weight is 180 g/mol. The number of benzene rings is 2. The predicted molar refractivity (Wildman–Crippen MR) is 56.5 cm³/mol. The van der Waals surface area contributed by atoms with Crippen molar-refractivity contribution in [3.05, 3.63) is 47.5 Å². The lowest BCUT2D eigenvalue weighted by Crippen LogP contribution is -2.00. The third-order valence-corrected chi connectivity index (χ3v) is 3.01. The lowest BCUT2D eigenvalue weighted by atomic mass is 9.89. The molecule has 0 atom stereocenters. The summed E-state index contributed by atoms with van der Waals surface area (Å²) in [6, 6.07) is 12.7. The minimum absolute atomic E-state index is 1.00. The van der Waals surface area contributed by atoms with Gasteiger partial charge in [-0.1, -0.05) is 24.3 Å². The van der Waals surface area contributed by atoms with Crippen molar-refractivity contribution in [1.29, 1.82) is 0 Å². The van der Waals surface area contributed by atoms with E-state index in [0.717, 1.165) is 17.6 Å². The maximum atomic E-state index is 5.77. The molecule has 1 aromatic heterocycles. The van der Waals surface area contributed by atoms with Crippen molar-refractivity contribution in [2.45, 2.75) is 6.42 Å². The molecule has 0 saturated carbocycles. The van der Waals surface area contributed by atoms with E-state index in [-0.39, 0.29) is 0 Å². The van der Waals surface area contributed by atoms with Gasteiger partial charge in [-0.15, -0.1) is 0 Å². The lowest BCUT2D eigenvalue weighted by molar-refractivity contribution is 0.667. The molecule has 1 nitrogen and oxygen atoms in total. The Kier molecular flexibility index (Phi) is 0.954. The van der Waals surface area contributed by atoms with Gasteiger partial charge in [0.05, 0.1) is 0 Å². The highest BCUT2D eigenvalue weighted by Gasteiger charge is 2.18. The summed E-state index contributed by atoms with van der Waals surface area (Å²) in [5, 5.41) is 2.57. The van der Waals surface area contributed by atoms with Crippen LogP contribution in [0, 0.1) is 0 Å². The van der Waals surface area contributed by atoms with Crippen LogP contribution in [-0.4, -0.2) is 0 Å². The molecule has 2 aliphatic rings. The van der Waals surface area contributed by atoms with Gasteiger partial charge in [0.2, 0.25) is 0 Å². The van der Waals surface area contributed by atoms with Crippen molar-refractivity contribution < 1.29 is 4.42 Å². The zero-order valence-electron chi connectivity index (χ0n) is 7.58. The summed E-state index contributed by atoms with van der Waals surface area (Å²) in [4.78, 5) is 0. The van der Waals surface area contributed by atoms with Crippen molar-refractivity contribution in [2.75, 3.05) is 0 Å². The van der Waals surface area contributed by atoms with Gasteiger partial charge in [-0.25, -0.2) is 0 Å². The molecule has 1 heterocycles. The van der Waals surface area contributed by atoms with E-state index in [1.807, 2.05) is 12.1 Å². The molecule has 1 heteroatoms. The second kappa shape index (κ2) is 2.01. The van der Waals surface area contributed by atoms with E-state index >= 15 is 0 Å². The van der Waals surface area contributed by atoms with Crippen LogP contribution in [0.4, 0.5) is 0 Å². The number of hydrogen-bond donors (Lipinski definition) is 0. The molecule has 14 heavy (non-hydrogen) atoms. The monoisotopic (exact) mass is 180 g/mol. The van der Waals surface area contributed by atoms with Crippen molar-refractivity contribution >= 4 is 21.9 Å². The molecule has 0 fully saturated rings. The molecule has 2 aliphatic carbocycles.